The van der Waals surface area contributed by atoms with Gasteiger partial charge in [-0.25, -0.2) is 0 Å². The van der Waals surface area contributed by atoms with Crippen LogP contribution in [0.2, 0.25) is 0 Å². The molecule has 0 fully saturated rings. The highest BCUT2D eigenvalue weighted by Gasteiger charge is 2.19. The molecule has 26 heavy (non-hydrogen) atoms. The van der Waals surface area contributed by atoms with Gasteiger partial charge in [-0.15, -0.1) is 0 Å². The molecule has 0 heterocycles. The van der Waals surface area contributed by atoms with Gasteiger partial charge < -0.3 is 0 Å². The summed E-state index contributed by atoms with van der Waals surface area (Å²) in [6.45, 7) is 0. The lowest BCUT2D eigenvalue weighted by atomic mass is 9.92. The Morgan fingerprint density at radius 3 is 0.962 bits per heavy atom. The Morgan fingerprint density at radius 2 is 0.577 bits per heavy atom. The van der Waals surface area contributed by atoms with E-state index in [1.54, 1.807) is 0 Å². The Morgan fingerprint density at radius 1 is 0.269 bits per heavy atom. The lowest BCUT2D eigenvalue weighted by Crippen LogP contribution is -1.83. The molecule has 0 spiro atoms. The monoisotopic (exact) mass is 326 g/mol. The normalized spacial score (nSPS) is 12.6. The summed E-state index contributed by atoms with van der Waals surface area (Å²) < 4.78 is 0. The Bertz CT molecular complexity index is 1440. The molecule has 0 aromatic heterocycles. The first-order valence-electron chi connectivity index (χ1n) is 9.13. The summed E-state index contributed by atoms with van der Waals surface area (Å²) in [4.78, 5) is 0. The van der Waals surface area contributed by atoms with E-state index in [4.69, 9.17) is 0 Å². The average molecular weight is 326 g/mol. The molecular formula is C26H14. The number of hydrogen-bond donors (Lipinski definition) is 0. The third-order valence-electron chi connectivity index (χ3n) is 6.12. The van der Waals surface area contributed by atoms with Gasteiger partial charge in [-0.1, -0.05) is 84.9 Å². The topological polar surface area (TPSA) is 0 Å². The van der Waals surface area contributed by atoms with Crippen LogP contribution in [0.5, 0.6) is 0 Å². The molecule has 0 nitrogen and oxygen atoms in total. The number of benzene rings is 6. The maximum atomic E-state index is 2.29. The molecule has 0 saturated heterocycles. The van der Waals surface area contributed by atoms with E-state index in [9.17, 15) is 0 Å². The van der Waals surface area contributed by atoms with Gasteiger partial charge in [0, 0.05) is 0 Å². The molecule has 0 aliphatic heterocycles. The second-order valence-corrected chi connectivity index (χ2v) is 7.36. The molecule has 0 bridgehead atoms. The second kappa shape index (κ2) is 4.23. The van der Waals surface area contributed by atoms with Crippen molar-refractivity contribution in [3.05, 3.63) is 84.9 Å². The molecule has 7 rings (SSSR count). The number of hydrogen-bond acceptors (Lipinski definition) is 0. The van der Waals surface area contributed by atoms with Crippen molar-refractivity contribution in [3.8, 4) is 11.1 Å². The van der Waals surface area contributed by atoms with Crippen molar-refractivity contribution in [1.29, 1.82) is 0 Å². The molecule has 0 atom stereocenters. The number of fused-ring (bicyclic) bond motifs is 1. The predicted octanol–water partition coefficient (Wildman–Crippen LogP) is 7.43. The van der Waals surface area contributed by atoms with Crippen molar-refractivity contribution in [2.45, 2.75) is 0 Å². The average Bonchev–Trinajstić information content (AvgIpc) is 2.84. The van der Waals surface area contributed by atoms with E-state index in [2.05, 4.69) is 84.9 Å². The van der Waals surface area contributed by atoms with Crippen LogP contribution < -0.4 is 0 Å². The van der Waals surface area contributed by atoms with Crippen LogP contribution in [0.1, 0.15) is 0 Å². The summed E-state index contributed by atoms with van der Waals surface area (Å²) in [6.07, 6.45) is 0. The van der Waals surface area contributed by atoms with Crippen molar-refractivity contribution < 1.29 is 0 Å². The quantitative estimate of drug-likeness (QED) is 0.254. The fourth-order valence-electron chi connectivity index (χ4n) is 5.05. The van der Waals surface area contributed by atoms with Gasteiger partial charge in [0.15, 0.2) is 0 Å². The van der Waals surface area contributed by atoms with Gasteiger partial charge in [0.05, 0.1) is 0 Å². The van der Waals surface area contributed by atoms with Crippen LogP contribution in [-0.4, -0.2) is 0 Å². The van der Waals surface area contributed by atoms with Crippen molar-refractivity contribution in [1.82, 2.24) is 0 Å². The molecule has 0 heteroatoms. The molecule has 6 aromatic rings. The van der Waals surface area contributed by atoms with E-state index in [1.807, 2.05) is 0 Å². The third kappa shape index (κ3) is 1.35. The number of rotatable bonds is 0. The predicted molar refractivity (Wildman–Crippen MR) is 113 cm³/mol. The van der Waals surface area contributed by atoms with Gasteiger partial charge >= 0.3 is 0 Å². The molecule has 118 valence electrons. The molecule has 0 saturated carbocycles. The maximum absolute atomic E-state index is 2.29. The fraction of sp³-hybridized carbons (Fsp3) is 0. The van der Waals surface area contributed by atoms with E-state index in [0.717, 1.165) is 0 Å². The molecular weight excluding hydrogens is 312 g/mol. The van der Waals surface area contributed by atoms with Crippen molar-refractivity contribution in [2.75, 3.05) is 0 Å². The van der Waals surface area contributed by atoms with E-state index >= 15 is 0 Å². The lowest BCUT2D eigenvalue weighted by Gasteiger charge is -2.10. The van der Waals surface area contributed by atoms with Crippen LogP contribution in [0.4, 0.5) is 0 Å². The van der Waals surface area contributed by atoms with Crippen LogP contribution in [0.15, 0.2) is 84.9 Å². The van der Waals surface area contributed by atoms with Gasteiger partial charge in [0.25, 0.3) is 0 Å². The summed E-state index contributed by atoms with van der Waals surface area (Å²) in [5, 5.41) is 13.6. The zero-order chi connectivity index (χ0) is 16.8. The first-order valence-corrected chi connectivity index (χ1v) is 9.13. The Kier molecular flexibility index (Phi) is 2.10. The van der Waals surface area contributed by atoms with Gasteiger partial charge in [-0.05, 0) is 65.0 Å². The lowest BCUT2D eigenvalue weighted by molar-refractivity contribution is 1.73. The van der Waals surface area contributed by atoms with Crippen molar-refractivity contribution in [3.63, 3.8) is 0 Å². The van der Waals surface area contributed by atoms with Gasteiger partial charge in [0.2, 0.25) is 0 Å². The second-order valence-electron chi connectivity index (χ2n) is 7.36. The molecule has 0 unspecified atom stereocenters. The van der Waals surface area contributed by atoms with Gasteiger partial charge in [-0.2, -0.15) is 0 Å². The van der Waals surface area contributed by atoms with Crippen LogP contribution in [-0.2, 0) is 0 Å². The van der Waals surface area contributed by atoms with Gasteiger partial charge in [-0.3, -0.25) is 0 Å². The summed E-state index contributed by atoms with van der Waals surface area (Å²) in [7, 11) is 0. The van der Waals surface area contributed by atoms with E-state index in [1.165, 1.54) is 65.0 Å². The highest BCUT2D eigenvalue weighted by molar-refractivity contribution is 6.37. The minimum Gasteiger partial charge on any atom is -0.0610 e. The summed E-state index contributed by atoms with van der Waals surface area (Å²) in [5.74, 6) is 0. The zero-order valence-corrected chi connectivity index (χ0v) is 14.1. The molecule has 1 aliphatic carbocycles. The Balaban J connectivity index is 2.05. The molecule has 6 aromatic carbocycles. The smallest absolute Gasteiger partial charge is 0.00139 e. The Hall–Kier alpha value is -3.38. The summed E-state index contributed by atoms with van der Waals surface area (Å²) >= 11 is 0. The SMILES string of the molecule is c1cc2c3c(c1)ccc1ccc4ccc5ccc6cccc-2c6c5c4c13. The largest absolute Gasteiger partial charge is 0.0610 e. The van der Waals surface area contributed by atoms with Crippen LogP contribution >= 0.6 is 0 Å². The van der Waals surface area contributed by atoms with Crippen LogP contribution in [0.25, 0.3) is 65.0 Å². The standard InChI is InChI=1S/C26H14/c1-3-15-7-9-17-11-13-19-14-12-18-10-8-16-4-2-6-21-20(5-1)22(15)24(17)26(19)25(18)23(16)21/h1-14H. The molecule has 0 amide bonds. The summed E-state index contributed by atoms with van der Waals surface area (Å²) in [6, 6.07) is 31.6. The molecule has 1 aliphatic rings. The fourth-order valence-corrected chi connectivity index (χ4v) is 5.05. The minimum atomic E-state index is 1.32. The first-order chi connectivity index (χ1) is 12.9. The highest BCUT2D eigenvalue weighted by atomic mass is 14.2. The van der Waals surface area contributed by atoms with Crippen LogP contribution in [0.3, 0.4) is 0 Å². The highest BCUT2D eigenvalue weighted by Crippen LogP contribution is 2.47. The van der Waals surface area contributed by atoms with Gasteiger partial charge in [0.1, 0.15) is 0 Å². The maximum Gasteiger partial charge on any atom is -0.00139 e. The van der Waals surface area contributed by atoms with E-state index < -0.39 is 0 Å². The molecule has 0 radical (unpaired) electrons. The molecule has 0 N–H and O–H groups in total. The van der Waals surface area contributed by atoms with Crippen molar-refractivity contribution in [2.24, 2.45) is 0 Å². The Labute approximate surface area is 150 Å². The van der Waals surface area contributed by atoms with E-state index in [0.29, 0.717) is 0 Å². The minimum absolute atomic E-state index is 1.32. The van der Waals surface area contributed by atoms with Crippen LogP contribution in [0, 0.1) is 0 Å². The third-order valence-corrected chi connectivity index (χ3v) is 6.12. The van der Waals surface area contributed by atoms with E-state index in [-0.39, 0.29) is 0 Å². The van der Waals surface area contributed by atoms with Crippen molar-refractivity contribution >= 4 is 53.9 Å². The first kappa shape index (κ1) is 12.9. The zero-order valence-electron chi connectivity index (χ0n) is 14.1. The summed E-state index contributed by atoms with van der Waals surface area (Å²) in [5.41, 5.74) is 2.71.